The van der Waals surface area contributed by atoms with Crippen LogP contribution in [0.2, 0.25) is 0 Å². The van der Waals surface area contributed by atoms with Crippen LogP contribution in [0.4, 0.5) is 5.69 Å². The average molecular weight is 484 g/mol. The third kappa shape index (κ3) is 7.26. The summed E-state index contributed by atoms with van der Waals surface area (Å²) in [6.07, 6.45) is 1.68. The lowest BCUT2D eigenvalue weighted by Gasteiger charge is -2.34. The number of piperazine rings is 1. The second-order valence-corrected chi connectivity index (χ2v) is 9.20. The van der Waals surface area contributed by atoms with Gasteiger partial charge in [-0.25, -0.2) is 5.43 Å². The first-order valence-electron chi connectivity index (χ1n) is 12.9. The maximum absolute atomic E-state index is 12.5. The molecular formula is C30H37N5O. The third-order valence-electron chi connectivity index (χ3n) is 6.74. The lowest BCUT2D eigenvalue weighted by atomic mass is 10.1. The summed E-state index contributed by atoms with van der Waals surface area (Å²) >= 11 is 0. The number of carbonyl (C=O) groups is 1. The molecule has 1 heterocycles. The lowest BCUT2D eigenvalue weighted by molar-refractivity contribution is 0.0955. The van der Waals surface area contributed by atoms with Crippen LogP contribution in [0.3, 0.4) is 0 Å². The Morgan fingerprint density at radius 2 is 1.36 bits per heavy atom. The number of rotatable bonds is 10. The molecule has 36 heavy (non-hydrogen) atoms. The van der Waals surface area contributed by atoms with Crippen molar-refractivity contribution in [1.82, 2.24) is 15.2 Å². The van der Waals surface area contributed by atoms with Crippen molar-refractivity contribution in [1.29, 1.82) is 0 Å². The summed E-state index contributed by atoms with van der Waals surface area (Å²) in [6, 6.07) is 26.7. The fraction of sp³-hybridized carbons (Fsp3) is 0.333. The van der Waals surface area contributed by atoms with E-state index < -0.39 is 0 Å². The largest absolute Gasteiger partial charge is 0.372 e. The summed E-state index contributed by atoms with van der Waals surface area (Å²) in [7, 11) is 0. The van der Waals surface area contributed by atoms with Gasteiger partial charge in [-0.1, -0.05) is 54.6 Å². The van der Waals surface area contributed by atoms with E-state index in [1.165, 1.54) is 16.8 Å². The minimum absolute atomic E-state index is 0.202. The molecule has 3 aromatic carbocycles. The van der Waals surface area contributed by atoms with Crippen molar-refractivity contribution in [3.63, 3.8) is 0 Å². The Morgan fingerprint density at radius 1 is 0.806 bits per heavy atom. The molecule has 0 saturated carbocycles. The highest BCUT2D eigenvalue weighted by Gasteiger charge is 2.17. The van der Waals surface area contributed by atoms with Crippen molar-refractivity contribution in [2.45, 2.75) is 26.9 Å². The normalized spacial score (nSPS) is 14.7. The minimum atomic E-state index is -0.202. The highest BCUT2D eigenvalue weighted by Crippen LogP contribution is 2.15. The molecule has 1 N–H and O–H groups in total. The summed E-state index contributed by atoms with van der Waals surface area (Å²) in [6.45, 7) is 12.4. The molecule has 0 aromatic heterocycles. The summed E-state index contributed by atoms with van der Waals surface area (Å²) in [4.78, 5) is 19.8. The van der Waals surface area contributed by atoms with Gasteiger partial charge in [-0.3, -0.25) is 14.6 Å². The maximum atomic E-state index is 12.5. The molecule has 1 amide bonds. The average Bonchev–Trinajstić information content (AvgIpc) is 2.92. The molecule has 0 bridgehead atoms. The van der Waals surface area contributed by atoms with E-state index in [2.05, 4.69) is 81.5 Å². The van der Waals surface area contributed by atoms with Crippen molar-refractivity contribution in [2.24, 2.45) is 5.10 Å². The van der Waals surface area contributed by atoms with E-state index in [-0.39, 0.29) is 5.91 Å². The Balaban J connectivity index is 1.21. The van der Waals surface area contributed by atoms with E-state index in [9.17, 15) is 4.79 Å². The number of hydrazone groups is 1. The second-order valence-electron chi connectivity index (χ2n) is 9.20. The predicted octanol–water partition coefficient (Wildman–Crippen LogP) is 4.61. The fourth-order valence-electron chi connectivity index (χ4n) is 4.56. The molecule has 0 unspecified atom stereocenters. The van der Waals surface area contributed by atoms with Gasteiger partial charge >= 0.3 is 0 Å². The van der Waals surface area contributed by atoms with Crippen LogP contribution in [0, 0.1) is 0 Å². The van der Waals surface area contributed by atoms with E-state index in [1.54, 1.807) is 6.21 Å². The summed E-state index contributed by atoms with van der Waals surface area (Å²) < 4.78 is 0. The Hall–Kier alpha value is -3.48. The molecule has 3 aromatic rings. The van der Waals surface area contributed by atoms with Crippen molar-refractivity contribution >= 4 is 17.8 Å². The number of carbonyl (C=O) groups excluding carboxylic acids is 1. The SMILES string of the molecule is CCN(CC)c1ccc(C=NNC(=O)c2ccc(CN3CCN(Cc4ccccc4)CC3)cc2)cc1. The maximum Gasteiger partial charge on any atom is 0.271 e. The molecule has 6 nitrogen and oxygen atoms in total. The molecule has 1 saturated heterocycles. The zero-order valence-electron chi connectivity index (χ0n) is 21.4. The minimum Gasteiger partial charge on any atom is -0.372 e. The van der Waals surface area contributed by atoms with Crippen LogP contribution in [0.25, 0.3) is 0 Å². The van der Waals surface area contributed by atoms with Crippen LogP contribution < -0.4 is 10.3 Å². The summed E-state index contributed by atoms with van der Waals surface area (Å²) in [5, 5.41) is 4.13. The molecule has 0 radical (unpaired) electrons. The van der Waals surface area contributed by atoms with Crippen LogP contribution in [0.15, 0.2) is 84.0 Å². The van der Waals surface area contributed by atoms with Gasteiger partial charge in [0.05, 0.1) is 6.21 Å². The Bertz CT molecular complexity index is 1100. The third-order valence-corrected chi connectivity index (χ3v) is 6.74. The fourth-order valence-corrected chi connectivity index (χ4v) is 4.56. The van der Waals surface area contributed by atoms with Gasteiger partial charge in [-0.15, -0.1) is 0 Å². The summed E-state index contributed by atoms with van der Waals surface area (Å²) in [5.74, 6) is -0.202. The first-order chi connectivity index (χ1) is 17.6. The standard InChI is InChI=1S/C30H37N5O/c1-3-35(4-2)29-16-12-25(13-17-29)22-31-32-30(36)28-14-10-27(11-15-28)24-34-20-18-33(19-21-34)23-26-8-6-5-7-9-26/h5-17,22H,3-4,18-21,23-24H2,1-2H3,(H,32,36). The molecule has 0 atom stereocenters. The first-order valence-corrected chi connectivity index (χ1v) is 12.9. The number of anilines is 1. The monoisotopic (exact) mass is 483 g/mol. The number of hydrogen-bond acceptors (Lipinski definition) is 5. The number of hydrogen-bond donors (Lipinski definition) is 1. The first kappa shape index (κ1) is 25.6. The van der Waals surface area contributed by atoms with Gasteiger partial charge < -0.3 is 4.90 Å². The van der Waals surface area contributed by atoms with Crippen LogP contribution in [-0.4, -0.2) is 61.2 Å². The van der Waals surface area contributed by atoms with Gasteiger partial charge in [-0.05, 0) is 54.8 Å². The van der Waals surface area contributed by atoms with Crippen LogP contribution in [-0.2, 0) is 13.1 Å². The van der Waals surface area contributed by atoms with Gasteiger partial charge in [0, 0.05) is 63.6 Å². The highest BCUT2D eigenvalue weighted by atomic mass is 16.2. The Labute approximate surface area is 215 Å². The predicted molar refractivity (Wildman–Crippen MR) is 149 cm³/mol. The molecule has 1 fully saturated rings. The second kappa shape index (κ2) is 13.0. The van der Waals surface area contributed by atoms with E-state index >= 15 is 0 Å². The summed E-state index contributed by atoms with van der Waals surface area (Å²) in [5.41, 5.74) is 7.98. The number of benzene rings is 3. The molecule has 188 valence electrons. The quantitative estimate of drug-likeness (QED) is 0.338. The van der Waals surface area contributed by atoms with Crippen molar-refractivity contribution < 1.29 is 4.79 Å². The molecule has 1 aliphatic rings. The van der Waals surface area contributed by atoms with Gasteiger partial charge in [0.25, 0.3) is 5.91 Å². The lowest BCUT2D eigenvalue weighted by Crippen LogP contribution is -2.45. The molecule has 6 heteroatoms. The molecule has 4 rings (SSSR count). The van der Waals surface area contributed by atoms with Crippen molar-refractivity contribution in [3.05, 3.63) is 101 Å². The van der Waals surface area contributed by atoms with Gasteiger partial charge in [0.15, 0.2) is 0 Å². The molecule has 0 spiro atoms. The van der Waals surface area contributed by atoms with E-state index in [4.69, 9.17) is 0 Å². The topological polar surface area (TPSA) is 51.2 Å². The van der Waals surface area contributed by atoms with Crippen LogP contribution >= 0.6 is 0 Å². The van der Waals surface area contributed by atoms with E-state index in [0.29, 0.717) is 5.56 Å². The zero-order chi connectivity index (χ0) is 25.2. The Morgan fingerprint density at radius 3 is 1.92 bits per heavy atom. The molecule has 1 aliphatic heterocycles. The zero-order valence-corrected chi connectivity index (χ0v) is 21.4. The van der Waals surface area contributed by atoms with E-state index in [1.807, 2.05) is 36.4 Å². The smallest absolute Gasteiger partial charge is 0.271 e. The van der Waals surface area contributed by atoms with Gasteiger partial charge in [-0.2, -0.15) is 5.10 Å². The molecule has 0 aliphatic carbocycles. The van der Waals surface area contributed by atoms with Crippen molar-refractivity contribution in [3.8, 4) is 0 Å². The number of nitrogens with one attached hydrogen (secondary N) is 1. The van der Waals surface area contributed by atoms with Crippen LogP contribution in [0.5, 0.6) is 0 Å². The van der Waals surface area contributed by atoms with Crippen molar-refractivity contribution in [2.75, 3.05) is 44.2 Å². The Kier molecular flexibility index (Phi) is 9.25. The highest BCUT2D eigenvalue weighted by molar-refractivity contribution is 5.94. The van der Waals surface area contributed by atoms with E-state index in [0.717, 1.165) is 57.9 Å². The number of nitrogens with zero attached hydrogens (tertiary/aromatic N) is 4. The van der Waals surface area contributed by atoms with Gasteiger partial charge in [0.2, 0.25) is 0 Å². The molecular weight excluding hydrogens is 446 g/mol. The number of amides is 1. The van der Waals surface area contributed by atoms with Gasteiger partial charge in [0.1, 0.15) is 0 Å². The van der Waals surface area contributed by atoms with Crippen LogP contribution in [0.1, 0.15) is 40.9 Å².